The molecule has 0 radical (unpaired) electrons. The maximum Gasteiger partial charge on any atom is 0.352 e. The van der Waals surface area contributed by atoms with Crippen molar-refractivity contribution in [2.24, 2.45) is 7.05 Å². The molecule has 4 aromatic carbocycles. The van der Waals surface area contributed by atoms with Crippen molar-refractivity contribution in [3.05, 3.63) is 106 Å². The number of hydrogen-bond donors (Lipinski definition) is 4. The quantitative estimate of drug-likeness (QED) is 0.0596. The Labute approximate surface area is 406 Å². The molecule has 0 aliphatic carbocycles. The van der Waals surface area contributed by atoms with E-state index in [1.807, 2.05) is 55.8 Å². The Hall–Kier alpha value is -7.31. The molecule has 4 amide bonds. The number of amides is 4. The highest BCUT2D eigenvalue weighted by Crippen LogP contribution is 2.42. The van der Waals surface area contributed by atoms with Crippen LogP contribution in [0.25, 0.3) is 43.8 Å². The number of carboxylic acid groups (broad SMARTS) is 1. The van der Waals surface area contributed by atoms with Crippen molar-refractivity contribution < 1.29 is 42.9 Å². The van der Waals surface area contributed by atoms with E-state index in [9.17, 15) is 33.5 Å². The molecule has 1 unspecified atom stereocenters. The van der Waals surface area contributed by atoms with Crippen molar-refractivity contribution in [3.63, 3.8) is 0 Å². The number of carboxylic acids is 1. The zero-order chi connectivity index (χ0) is 49.4. The van der Waals surface area contributed by atoms with Crippen molar-refractivity contribution in [3.8, 4) is 22.6 Å². The number of hydrogen-bond acceptors (Lipinski definition) is 10. The Morgan fingerprint density at radius 1 is 0.943 bits per heavy atom. The zero-order valence-corrected chi connectivity index (χ0v) is 40.0. The molecule has 2 aliphatic heterocycles. The summed E-state index contributed by atoms with van der Waals surface area (Å²) in [7, 11) is 1.87. The number of imidazole rings is 1. The smallest absolute Gasteiger partial charge is 0.352 e. The van der Waals surface area contributed by atoms with E-state index in [1.54, 1.807) is 28.6 Å². The van der Waals surface area contributed by atoms with Gasteiger partial charge >= 0.3 is 5.97 Å². The number of fused-ring (bicyclic) bond motifs is 3. The third kappa shape index (κ3) is 9.65. The van der Waals surface area contributed by atoms with Crippen LogP contribution in [0.3, 0.4) is 0 Å². The maximum atomic E-state index is 14.0. The summed E-state index contributed by atoms with van der Waals surface area (Å²) in [5.74, 6) is -1.45. The summed E-state index contributed by atoms with van der Waals surface area (Å²) in [6.07, 6.45) is 1.29. The van der Waals surface area contributed by atoms with Crippen molar-refractivity contribution in [2.75, 3.05) is 45.9 Å². The Morgan fingerprint density at radius 3 is 2.47 bits per heavy atom. The molecule has 0 bridgehead atoms. The summed E-state index contributed by atoms with van der Waals surface area (Å²) >= 11 is 7.07. The molecular formula is C51H53ClFN9O8. The third-order valence-electron chi connectivity index (χ3n) is 13.3. The van der Waals surface area contributed by atoms with Gasteiger partial charge in [0.25, 0.3) is 5.91 Å². The van der Waals surface area contributed by atoms with E-state index in [4.69, 9.17) is 21.1 Å². The summed E-state index contributed by atoms with van der Waals surface area (Å²) in [4.78, 5) is 75.9. The van der Waals surface area contributed by atoms with Gasteiger partial charge < -0.3 is 34.3 Å². The zero-order valence-electron chi connectivity index (χ0n) is 39.3. The number of nitrogens with one attached hydrogen (secondary N) is 3. The Kier molecular flexibility index (Phi) is 13.6. The molecule has 1 atom stereocenters. The van der Waals surface area contributed by atoms with Gasteiger partial charge in [-0.1, -0.05) is 29.8 Å². The number of carbonyl (C=O) groups excluding carboxylic acids is 4. The first-order valence-corrected chi connectivity index (χ1v) is 23.7. The van der Waals surface area contributed by atoms with Crippen molar-refractivity contribution >= 4 is 73.9 Å². The molecule has 2 fully saturated rings. The summed E-state index contributed by atoms with van der Waals surface area (Å²) in [6, 6.07) is 16.1. The highest BCUT2D eigenvalue weighted by atomic mass is 35.5. The van der Waals surface area contributed by atoms with E-state index in [2.05, 4.69) is 30.6 Å². The number of aryl methyl sites for hydroxylation is 4. The maximum absolute atomic E-state index is 14.0. The minimum Gasteiger partial charge on any atom is -0.493 e. The monoisotopic (exact) mass is 973 g/mol. The van der Waals surface area contributed by atoms with Crippen LogP contribution in [0.2, 0.25) is 5.02 Å². The van der Waals surface area contributed by atoms with Crippen LogP contribution >= 0.6 is 11.6 Å². The fraction of sp³-hybridized carbons (Fsp3) is 0.353. The van der Waals surface area contributed by atoms with Crippen LogP contribution in [0.4, 0.5) is 4.39 Å². The van der Waals surface area contributed by atoms with Crippen LogP contribution in [0.15, 0.2) is 60.7 Å². The second-order valence-corrected chi connectivity index (χ2v) is 18.2. The largest absolute Gasteiger partial charge is 0.493 e. The van der Waals surface area contributed by atoms with Gasteiger partial charge in [-0.05, 0) is 87.4 Å². The minimum atomic E-state index is -1.06. The fourth-order valence-corrected chi connectivity index (χ4v) is 10.0. The first-order chi connectivity index (χ1) is 33.6. The number of aromatic carboxylic acids is 1. The number of benzene rings is 4. The van der Waals surface area contributed by atoms with E-state index in [0.717, 1.165) is 38.7 Å². The highest BCUT2D eigenvalue weighted by Gasteiger charge is 2.31. The van der Waals surface area contributed by atoms with E-state index in [0.29, 0.717) is 103 Å². The molecule has 3 aromatic heterocycles. The normalized spacial score (nSPS) is 15.5. The SMILES string of the molecule is Cc1nc2c(C(=O)NC3CCC(=O)NC3=O)cc(OCCC(=O)N3CCN(CCn4c(C(=O)O)c(CCCOc5cccc6cc(F)ccc56)c5ccc(Cl)c(-c6c(C)nn(C)c6C)c54)CC3)cc2[nH]1. The number of aromatic nitrogens is 5. The van der Waals surface area contributed by atoms with Crippen molar-refractivity contribution in [1.82, 2.24) is 44.7 Å². The van der Waals surface area contributed by atoms with Gasteiger partial charge in [0.1, 0.15) is 40.4 Å². The Bertz CT molecular complexity index is 3230. The number of rotatable bonds is 16. The van der Waals surface area contributed by atoms with Crippen molar-refractivity contribution in [2.45, 2.75) is 65.5 Å². The molecule has 19 heteroatoms. The van der Waals surface area contributed by atoms with Gasteiger partial charge in [-0.25, -0.2) is 14.2 Å². The topological polar surface area (TPSA) is 206 Å². The van der Waals surface area contributed by atoms with Gasteiger partial charge in [0.2, 0.25) is 17.7 Å². The first-order valence-electron chi connectivity index (χ1n) is 23.3. The number of piperazine rings is 1. The van der Waals surface area contributed by atoms with Crippen LogP contribution < -0.4 is 20.1 Å². The average Bonchev–Trinajstić information content (AvgIpc) is 3.95. The summed E-state index contributed by atoms with van der Waals surface area (Å²) < 4.78 is 29.9. The molecule has 364 valence electrons. The molecule has 70 heavy (non-hydrogen) atoms. The molecule has 17 nitrogen and oxygen atoms in total. The van der Waals surface area contributed by atoms with Gasteiger partial charge in [0.15, 0.2) is 0 Å². The molecule has 7 aromatic rings. The average molecular weight is 974 g/mol. The van der Waals surface area contributed by atoms with Gasteiger partial charge in [0, 0.05) is 86.4 Å². The van der Waals surface area contributed by atoms with Crippen LogP contribution in [0.5, 0.6) is 11.5 Å². The predicted molar refractivity (Wildman–Crippen MR) is 261 cm³/mol. The van der Waals surface area contributed by atoms with Crippen LogP contribution in [0, 0.1) is 26.6 Å². The molecule has 0 spiro atoms. The molecule has 0 saturated carbocycles. The second-order valence-electron chi connectivity index (χ2n) is 17.8. The lowest BCUT2D eigenvalue weighted by Gasteiger charge is -2.35. The van der Waals surface area contributed by atoms with Crippen LogP contribution in [0.1, 0.15) is 69.3 Å². The fourth-order valence-electron chi connectivity index (χ4n) is 9.78. The number of nitrogens with zero attached hydrogens (tertiary/aromatic N) is 6. The number of halogens is 2. The lowest BCUT2D eigenvalue weighted by Crippen LogP contribution is -2.52. The van der Waals surface area contributed by atoms with E-state index in [-0.39, 0.29) is 54.8 Å². The Morgan fingerprint density at radius 2 is 1.73 bits per heavy atom. The number of imide groups is 1. The van der Waals surface area contributed by atoms with Gasteiger partial charge in [-0.15, -0.1) is 0 Å². The van der Waals surface area contributed by atoms with Gasteiger partial charge in [-0.3, -0.25) is 34.1 Å². The molecule has 5 heterocycles. The summed E-state index contributed by atoms with van der Waals surface area (Å²) in [6.45, 7) is 8.88. The summed E-state index contributed by atoms with van der Waals surface area (Å²) in [5, 5.41) is 23.4. The van der Waals surface area contributed by atoms with Crippen molar-refractivity contribution in [1.29, 1.82) is 0 Å². The lowest BCUT2D eigenvalue weighted by molar-refractivity contribution is -0.135. The van der Waals surface area contributed by atoms with E-state index < -0.39 is 23.8 Å². The minimum absolute atomic E-state index is 0.0458. The van der Waals surface area contributed by atoms with Crippen LogP contribution in [-0.2, 0) is 34.4 Å². The molecule has 9 rings (SSSR count). The Balaban J connectivity index is 0.871. The van der Waals surface area contributed by atoms with E-state index >= 15 is 0 Å². The number of H-pyrrole nitrogens is 1. The third-order valence-corrected chi connectivity index (χ3v) is 13.6. The van der Waals surface area contributed by atoms with E-state index in [1.165, 1.54) is 18.2 Å². The predicted octanol–water partition coefficient (Wildman–Crippen LogP) is 6.65. The van der Waals surface area contributed by atoms with Gasteiger partial charge in [-0.2, -0.15) is 5.10 Å². The first kappa shape index (κ1) is 47.7. The van der Waals surface area contributed by atoms with Gasteiger partial charge in [0.05, 0.1) is 46.9 Å². The lowest BCUT2D eigenvalue weighted by atomic mass is 9.98. The second kappa shape index (κ2) is 20.0. The number of aromatic amines is 1. The molecule has 4 N–H and O–H groups in total. The number of ether oxygens (including phenoxy) is 2. The summed E-state index contributed by atoms with van der Waals surface area (Å²) in [5.41, 5.74) is 5.93. The standard InChI is InChI=1S/C51H53ClFN9O8/c1-28-44(29(2)59(4)58-28)45-38(52)13-12-36-35(8-6-23-70-41-9-5-7-31-25-32(53)10-11-34(31)41)48(51(67)68)62(47(36)45)22-19-60-17-20-61(21-18-60)43(64)16-24-69-33-26-37(46-40(27-33)54-30(3)55-46)49(65)56-39-14-15-42(63)57-50(39)66/h5,7,9-13,25-27,39H,6,8,14-24H2,1-4H3,(H,54,55)(H,56,65)(H,67,68)(H,57,63,66). The molecule has 2 aliphatic rings. The highest BCUT2D eigenvalue weighted by molar-refractivity contribution is 6.35. The van der Waals surface area contributed by atoms with Crippen LogP contribution in [-0.4, -0.2) is 121 Å². The molecular weight excluding hydrogens is 921 g/mol. The number of carbonyl (C=O) groups is 5. The molecule has 2 saturated heterocycles. The number of piperidine rings is 1.